The smallest absolute Gasteiger partial charge is 0.339 e. The molecule has 0 spiro atoms. The van der Waals surface area contributed by atoms with E-state index in [4.69, 9.17) is 9.15 Å². The lowest BCUT2D eigenvalue weighted by molar-refractivity contribution is -0.150. The van der Waals surface area contributed by atoms with Crippen molar-refractivity contribution in [3.8, 4) is 5.75 Å². The Balaban J connectivity index is 1.93. The Morgan fingerprint density at radius 2 is 2.11 bits per heavy atom. The molecule has 1 atom stereocenters. The van der Waals surface area contributed by atoms with Crippen molar-refractivity contribution >= 4 is 16.9 Å². The molecular weight excluding hydrogens is 346 g/mol. The van der Waals surface area contributed by atoms with E-state index in [0.29, 0.717) is 42.8 Å². The number of carbonyl (C=O) groups is 1. The number of piperidine rings is 1. The zero-order valence-corrected chi connectivity index (χ0v) is 16.2. The van der Waals surface area contributed by atoms with Crippen LogP contribution >= 0.6 is 0 Å². The third-order valence-electron chi connectivity index (χ3n) is 5.39. The number of phenols is 1. The van der Waals surface area contributed by atoms with Crippen LogP contribution in [0.5, 0.6) is 5.75 Å². The number of aryl methyl sites for hydroxylation is 1. The van der Waals surface area contributed by atoms with Crippen molar-refractivity contribution < 1.29 is 19.1 Å². The Morgan fingerprint density at radius 1 is 1.33 bits per heavy atom. The molecule has 2 heterocycles. The van der Waals surface area contributed by atoms with E-state index < -0.39 is 0 Å². The second-order valence-electron chi connectivity index (χ2n) is 7.11. The van der Waals surface area contributed by atoms with E-state index in [2.05, 4.69) is 4.90 Å². The molecule has 1 aliphatic heterocycles. The first-order valence-electron chi connectivity index (χ1n) is 9.62. The van der Waals surface area contributed by atoms with Crippen LogP contribution in [0.4, 0.5) is 0 Å². The molecule has 1 aliphatic rings. The van der Waals surface area contributed by atoms with Gasteiger partial charge in [0.15, 0.2) is 0 Å². The minimum Gasteiger partial charge on any atom is -0.507 e. The second-order valence-corrected chi connectivity index (χ2v) is 7.11. The molecule has 1 aromatic heterocycles. The number of fused-ring (bicyclic) bond motifs is 1. The lowest BCUT2D eigenvalue weighted by Crippen LogP contribution is -2.39. The predicted octanol–water partition coefficient (Wildman–Crippen LogP) is 3.14. The molecule has 1 N–H and O–H groups in total. The van der Waals surface area contributed by atoms with Gasteiger partial charge in [0.1, 0.15) is 11.3 Å². The van der Waals surface area contributed by atoms with Gasteiger partial charge in [0, 0.05) is 24.0 Å². The van der Waals surface area contributed by atoms with E-state index in [1.807, 2.05) is 20.8 Å². The maximum atomic E-state index is 12.3. The molecule has 1 fully saturated rings. The second kappa shape index (κ2) is 8.13. The summed E-state index contributed by atoms with van der Waals surface area (Å²) in [6.45, 7) is 7.84. The third kappa shape index (κ3) is 3.86. The molecule has 0 saturated carbocycles. The first-order valence-corrected chi connectivity index (χ1v) is 9.62. The lowest BCUT2D eigenvalue weighted by atomic mass is 9.96. The van der Waals surface area contributed by atoms with E-state index in [-0.39, 0.29) is 23.3 Å². The minimum atomic E-state index is -0.350. The van der Waals surface area contributed by atoms with Gasteiger partial charge in [-0.1, -0.05) is 6.92 Å². The fourth-order valence-corrected chi connectivity index (χ4v) is 3.94. The van der Waals surface area contributed by atoms with Crippen molar-refractivity contribution in [2.24, 2.45) is 5.92 Å². The number of esters is 1. The highest BCUT2D eigenvalue weighted by molar-refractivity contribution is 5.85. The first kappa shape index (κ1) is 19.4. The normalized spacial score (nSPS) is 18.0. The van der Waals surface area contributed by atoms with Crippen LogP contribution in [-0.2, 0) is 22.5 Å². The Bertz CT molecular complexity index is 902. The summed E-state index contributed by atoms with van der Waals surface area (Å²) in [5, 5.41) is 11.3. The highest BCUT2D eigenvalue weighted by Gasteiger charge is 2.28. The number of likely N-dealkylation sites (tertiary alicyclic amines) is 1. The monoisotopic (exact) mass is 373 g/mol. The van der Waals surface area contributed by atoms with E-state index in [1.165, 1.54) is 0 Å². The number of hydrogen-bond acceptors (Lipinski definition) is 6. The number of phenolic OH excluding ortho intramolecular Hbond substituents is 1. The summed E-state index contributed by atoms with van der Waals surface area (Å²) in [4.78, 5) is 26.5. The van der Waals surface area contributed by atoms with Gasteiger partial charge in [0.05, 0.1) is 18.1 Å². The lowest BCUT2D eigenvalue weighted by Gasteiger charge is -2.31. The summed E-state index contributed by atoms with van der Waals surface area (Å²) in [7, 11) is 0. The topological polar surface area (TPSA) is 80.0 Å². The number of ether oxygens (including phenoxy) is 1. The number of benzene rings is 1. The maximum absolute atomic E-state index is 12.3. The number of rotatable bonds is 5. The molecule has 0 amide bonds. The predicted molar refractivity (Wildman–Crippen MR) is 103 cm³/mol. The summed E-state index contributed by atoms with van der Waals surface area (Å²) in [6.07, 6.45) is 2.30. The van der Waals surface area contributed by atoms with E-state index in [0.717, 1.165) is 30.3 Å². The van der Waals surface area contributed by atoms with Crippen LogP contribution in [-0.4, -0.2) is 35.7 Å². The standard InChI is InChI=1S/C21H27NO5/c1-4-15-13(3)16-8-9-18(23)17(19(16)27-21(15)25)12-22-10-6-7-14(11-22)20(24)26-5-2/h8-9,14,23H,4-7,10-12H2,1-3H3. The Hall–Kier alpha value is -2.34. The van der Waals surface area contributed by atoms with Crippen LogP contribution < -0.4 is 5.63 Å². The Labute approximate surface area is 158 Å². The van der Waals surface area contributed by atoms with Gasteiger partial charge in [-0.3, -0.25) is 9.69 Å². The van der Waals surface area contributed by atoms with Crippen LogP contribution in [0.3, 0.4) is 0 Å². The van der Waals surface area contributed by atoms with Crippen molar-refractivity contribution in [3.05, 3.63) is 39.2 Å². The highest BCUT2D eigenvalue weighted by Crippen LogP contribution is 2.31. The number of carbonyl (C=O) groups excluding carboxylic acids is 1. The molecule has 1 saturated heterocycles. The number of nitrogens with zero attached hydrogens (tertiary/aromatic N) is 1. The van der Waals surface area contributed by atoms with Gasteiger partial charge >= 0.3 is 11.6 Å². The largest absolute Gasteiger partial charge is 0.507 e. The molecule has 0 radical (unpaired) electrons. The third-order valence-corrected chi connectivity index (χ3v) is 5.39. The van der Waals surface area contributed by atoms with Gasteiger partial charge in [-0.05, 0) is 57.4 Å². The van der Waals surface area contributed by atoms with Gasteiger partial charge < -0.3 is 14.3 Å². The molecule has 0 bridgehead atoms. The van der Waals surface area contributed by atoms with Gasteiger partial charge in [-0.25, -0.2) is 4.79 Å². The number of hydrogen-bond donors (Lipinski definition) is 1. The van der Waals surface area contributed by atoms with Crippen molar-refractivity contribution in [1.29, 1.82) is 0 Å². The zero-order chi connectivity index (χ0) is 19.6. The minimum absolute atomic E-state index is 0.104. The summed E-state index contributed by atoms with van der Waals surface area (Å²) in [5.41, 5.74) is 2.25. The SMILES string of the molecule is CCOC(=O)C1CCCN(Cc2c(O)ccc3c(C)c(CC)c(=O)oc23)C1. The molecule has 6 heteroatoms. The van der Waals surface area contributed by atoms with Crippen molar-refractivity contribution in [1.82, 2.24) is 4.90 Å². The average Bonchev–Trinajstić information content (AvgIpc) is 2.65. The maximum Gasteiger partial charge on any atom is 0.339 e. The Kier molecular flexibility index (Phi) is 5.85. The van der Waals surface area contributed by atoms with Gasteiger partial charge in [-0.15, -0.1) is 0 Å². The molecule has 27 heavy (non-hydrogen) atoms. The average molecular weight is 373 g/mol. The van der Waals surface area contributed by atoms with E-state index in [9.17, 15) is 14.7 Å². The van der Waals surface area contributed by atoms with Crippen LogP contribution in [0.25, 0.3) is 11.0 Å². The summed E-state index contributed by atoms with van der Waals surface area (Å²) in [6, 6.07) is 3.44. The summed E-state index contributed by atoms with van der Waals surface area (Å²) < 4.78 is 10.8. The molecule has 0 aliphatic carbocycles. The van der Waals surface area contributed by atoms with Crippen LogP contribution in [0.15, 0.2) is 21.3 Å². The molecule has 146 valence electrons. The molecular formula is C21H27NO5. The summed E-state index contributed by atoms with van der Waals surface area (Å²) in [5.74, 6) is -0.219. The van der Waals surface area contributed by atoms with Crippen LogP contribution in [0.2, 0.25) is 0 Å². The number of aromatic hydroxyl groups is 1. The van der Waals surface area contributed by atoms with Crippen molar-refractivity contribution in [2.45, 2.75) is 46.6 Å². The van der Waals surface area contributed by atoms with Gasteiger partial charge in [-0.2, -0.15) is 0 Å². The molecule has 6 nitrogen and oxygen atoms in total. The molecule has 1 aromatic carbocycles. The zero-order valence-electron chi connectivity index (χ0n) is 16.2. The van der Waals surface area contributed by atoms with Crippen molar-refractivity contribution in [2.75, 3.05) is 19.7 Å². The van der Waals surface area contributed by atoms with Gasteiger partial charge in [0.2, 0.25) is 0 Å². The van der Waals surface area contributed by atoms with E-state index in [1.54, 1.807) is 12.1 Å². The quantitative estimate of drug-likeness (QED) is 0.641. The highest BCUT2D eigenvalue weighted by atomic mass is 16.5. The van der Waals surface area contributed by atoms with Crippen LogP contribution in [0, 0.1) is 12.8 Å². The Morgan fingerprint density at radius 3 is 2.81 bits per heavy atom. The molecule has 2 aromatic rings. The fourth-order valence-electron chi connectivity index (χ4n) is 3.94. The van der Waals surface area contributed by atoms with Gasteiger partial charge in [0.25, 0.3) is 0 Å². The van der Waals surface area contributed by atoms with Crippen molar-refractivity contribution in [3.63, 3.8) is 0 Å². The first-order chi connectivity index (χ1) is 13.0. The molecule has 1 unspecified atom stereocenters. The van der Waals surface area contributed by atoms with Crippen LogP contribution in [0.1, 0.15) is 43.4 Å². The summed E-state index contributed by atoms with van der Waals surface area (Å²) >= 11 is 0. The fraction of sp³-hybridized carbons (Fsp3) is 0.524. The molecule has 3 rings (SSSR count). The van der Waals surface area contributed by atoms with E-state index >= 15 is 0 Å².